The van der Waals surface area contributed by atoms with Gasteiger partial charge in [0.1, 0.15) is 29.8 Å². The van der Waals surface area contributed by atoms with Crippen LogP contribution in [0.4, 0.5) is 0 Å². The first-order valence-corrected chi connectivity index (χ1v) is 10.7. The van der Waals surface area contributed by atoms with Crippen LogP contribution in [-0.4, -0.2) is 6.61 Å². The summed E-state index contributed by atoms with van der Waals surface area (Å²) in [6, 6.07) is 16.3. The number of fused-ring (bicyclic) bond motifs is 1. The molecule has 1 atom stereocenters. The zero-order chi connectivity index (χ0) is 23.5. The predicted octanol–water partition coefficient (Wildman–Crippen LogP) is 4.80. The number of aryl methyl sites for hydroxylation is 1. The minimum Gasteiger partial charge on any atom is -0.490 e. The molecule has 0 amide bonds. The van der Waals surface area contributed by atoms with Crippen LogP contribution >= 0.6 is 11.6 Å². The minimum absolute atomic E-state index is 0.0583. The SMILES string of the molecule is CCOc1cc([C@H]2C(C#N)=C(N)Oc3cc(C)oc(=O)c32)ccc1OCc1ccccc1Cl. The molecule has 168 valence electrons. The molecule has 2 heterocycles. The third-order valence-electron chi connectivity index (χ3n) is 5.20. The Morgan fingerprint density at radius 1 is 1.15 bits per heavy atom. The highest BCUT2D eigenvalue weighted by Crippen LogP contribution is 2.43. The molecule has 0 unspecified atom stereocenters. The zero-order valence-electron chi connectivity index (χ0n) is 18.1. The van der Waals surface area contributed by atoms with E-state index in [1.165, 1.54) is 0 Å². The summed E-state index contributed by atoms with van der Waals surface area (Å²) in [4.78, 5) is 12.7. The van der Waals surface area contributed by atoms with Crippen molar-refractivity contribution in [3.63, 3.8) is 0 Å². The number of halogens is 1. The highest BCUT2D eigenvalue weighted by atomic mass is 35.5. The molecular formula is C25H21ClN2O5. The number of nitrogens with two attached hydrogens (primary N) is 1. The average Bonchev–Trinajstić information content (AvgIpc) is 2.78. The van der Waals surface area contributed by atoms with E-state index in [0.29, 0.717) is 34.5 Å². The van der Waals surface area contributed by atoms with Crippen LogP contribution in [0.2, 0.25) is 5.02 Å². The van der Waals surface area contributed by atoms with E-state index < -0.39 is 11.5 Å². The van der Waals surface area contributed by atoms with Crippen molar-refractivity contribution in [1.29, 1.82) is 5.26 Å². The molecule has 33 heavy (non-hydrogen) atoms. The van der Waals surface area contributed by atoms with Gasteiger partial charge in [-0.15, -0.1) is 0 Å². The molecule has 0 fully saturated rings. The summed E-state index contributed by atoms with van der Waals surface area (Å²) in [6.07, 6.45) is 0. The Bertz CT molecular complexity index is 1340. The highest BCUT2D eigenvalue weighted by molar-refractivity contribution is 6.31. The number of hydrogen-bond acceptors (Lipinski definition) is 7. The van der Waals surface area contributed by atoms with E-state index in [1.54, 1.807) is 37.3 Å². The largest absolute Gasteiger partial charge is 0.490 e. The van der Waals surface area contributed by atoms with Crippen molar-refractivity contribution in [2.45, 2.75) is 26.4 Å². The van der Waals surface area contributed by atoms with Crippen molar-refractivity contribution in [1.82, 2.24) is 0 Å². The van der Waals surface area contributed by atoms with Crippen LogP contribution in [-0.2, 0) is 6.61 Å². The van der Waals surface area contributed by atoms with Gasteiger partial charge in [-0.1, -0.05) is 35.9 Å². The van der Waals surface area contributed by atoms with E-state index in [1.807, 2.05) is 25.1 Å². The van der Waals surface area contributed by atoms with Crippen molar-refractivity contribution in [3.05, 3.63) is 97.9 Å². The van der Waals surface area contributed by atoms with E-state index in [4.69, 9.17) is 36.0 Å². The Morgan fingerprint density at radius 3 is 2.67 bits per heavy atom. The Hall–Kier alpha value is -3.89. The average molecular weight is 465 g/mol. The fraction of sp³-hybridized carbons (Fsp3) is 0.200. The minimum atomic E-state index is -0.771. The number of nitriles is 1. The van der Waals surface area contributed by atoms with Gasteiger partial charge in [0.25, 0.3) is 0 Å². The number of ether oxygens (including phenoxy) is 3. The standard InChI is InChI=1S/C25H21ClN2O5/c1-3-30-20-11-15(8-9-19(20)31-13-16-6-4-5-7-18(16)26)22-17(12-27)24(28)33-21-10-14(2)32-25(29)23(21)22/h4-11,22H,3,13,28H2,1-2H3/t22-/m0/s1. The van der Waals surface area contributed by atoms with Gasteiger partial charge >= 0.3 is 5.63 Å². The Balaban J connectivity index is 1.76. The number of nitrogens with zero attached hydrogens (tertiary/aromatic N) is 1. The molecule has 1 aromatic heterocycles. The van der Waals surface area contributed by atoms with E-state index in [2.05, 4.69) is 6.07 Å². The van der Waals surface area contributed by atoms with Crippen LogP contribution in [0.3, 0.4) is 0 Å². The first-order valence-electron chi connectivity index (χ1n) is 10.3. The molecule has 0 bridgehead atoms. The lowest BCUT2D eigenvalue weighted by atomic mass is 9.84. The Kier molecular flexibility index (Phi) is 6.29. The van der Waals surface area contributed by atoms with Crippen LogP contribution in [0.1, 0.15) is 35.3 Å². The summed E-state index contributed by atoms with van der Waals surface area (Å²) in [5.74, 6) is 0.775. The summed E-state index contributed by atoms with van der Waals surface area (Å²) in [7, 11) is 0. The van der Waals surface area contributed by atoms with Crippen LogP contribution in [0.5, 0.6) is 17.2 Å². The highest BCUT2D eigenvalue weighted by Gasteiger charge is 2.34. The quantitative estimate of drug-likeness (QED) is 0.558. The number of rotatable bonds is 6. The topological polar surface area (TPSA) is 108 Å². The Morgan fingerprint density at radius 2 is 1.94 bits per heavy atom. The van der Waals surface area contributed by atoms with Crippen LogP contribution in [0.15, 0.2) is 69.2 Å². The van der Waals surface area contributed by atoms with Gasteiger partial charge in [-0.2, -0.15) is 5.26 Å². The fourth-order valence-electron chi connectivity index (χ4n) is 3.71. The van der Waals surface area contributed by atoms with E-state index in [0.717, 1.165) is 5.56 Å². The van der Waals surface area contributed by atoms with Gasteiger partial charge < -0.3 is 24.4 Å². The maximum absolute atomic E-state index is 12.7. The predicted molar refractivity (Wildman–Crippen MR) is 122 cm³/mol. The third-order valence-corrected chi connectivity index (χ3v) is 5.57. The lowest BCUT2D eigenvalue weighted by Gasteiger charge is -2.25. The smallest absolute Gasteiger partial charge is 0.343 e. The Labute approximate surface area is 195 Å². The molecule has 1 aliphatic heterocycles. The van der Waals surface area contributed by atoms with Crippen LogP contribution in [0.25, 0.3) is 0 Å². The zero-order valence-corrected chi connectivity index (χ0v) is 18.8. The first-order chi connectivity index (χ1) is 15.9. The molecular weight excluding hydrogens is 444 g/mol. The number of hydrogen-bond donors (Lipinski definition) is 1. The van der Waals surface area contributed by atoms with Gasteiger partial charge in [0.15, 0.2) is 11.5 Å². The lowest BCUT2D eigenvalue weighted by molar-refractivity contribution is 0.269. The van der Waals surface area contributed by atoms with Crippen molar-refractivity contribution in [3.8, 4) is 23.3 Å². The lowest BCUT2D eigenvalue weighted by Crippen LogP contribution is -2.26. The van der Waals surface area contributed by atoms with Crippen molar-refractivity contribution in [2.24, 2.45) is 5.73 Å². The van der Waals surface area contributed by atoms with E-state index in [9.17, 15) is 10.1 Å². The molecule has 7 nitrogen and oxygen atoms in total. The molecule has 2 N–H and O–H groups in total. The summed E-state index contributed by atoms with van der Waals surface area (Å²) < 4.78 is 22.6. The molecule has 3 aromatic rings. The normalized spacial score (nSPS) is 14.8. The van der Waals surface area contributed by atoms with Crippen molar-refractivity contribution < 1.29 is 18.6 Å². The second-order valence-electron chi connectivity index (χ2n) is 7.37. The molecule has 1 aliphatic rings. The number of benzene rings is 2. The van der Waals surface area contributed by atoms with Gasteiger partial charge in [-0.3, -0.25) is 0 Å². The molecule has 0 radical (unpaired) electrons. The molecule has 4 rings (SSSR count). The van der Waals surface area contributed by atoms with Crippen LogP contribution < -0.4 is 25.6 Å². The maximum Gasteiger partial charge on any atom is 0.343 e. The van der Waals surface area contributed by atoms with E-state index in [-0.39, 0.29) is 29.4 Å². The summed E-state index contributed by atoms with van der Waals surface area (Å²) in [5.41, 5.74) is 7.20. The molecule has 0 aliphatic carbocycles. The third kappa shape index (κ3) is 4.38. The second-order valence-corrected chi connectivity index (χ2v) is 7.77. The van der Waals surface area contributed by atoms with Gasteiger partial charge in [0.2, 0.25) is 5.88 Å². The summed E-state index contributed by atoms with van der Waals surface area (Å²) in [5, 5.41) is 10.4. The summed E-state index contributed by atoms with van der Waals surface area (Å²) in [6.45, 7) is 4.13. The monoisotopic (exact) mass is 464 g/mol. The number of allylic oxidation sites excluding steroid dienone is 1. The summed E-state index contributed by atoms with van der Waals surface area (Å²) >= 11 is 6.23. The van der Waals surface area contributed by atoms with E-state index >= 15 is 0 Å². The van der Waals surface area contributed by atoms with Crippen LogP contribution in [0, 0.1) is 18.3 Å². The molecule has 2 aromatic carbocycles. The molecule has 0 saturated heterocycles. The maximum atomic E-state index is 12.7. The van der Waals surface area contributed by atoms with Gasteiger partial charge in [0.05, 0.1) is 18.1 Å². The molecule has 0 spiro atoms. The molecule has 8 heteroatoms. The fourth-order valence-corrected chi connectivity index (χ4v) is 3.90. The van der Waals surface area contributed by atoms with Crippen molar-refractivity contribution in [2.75, 3.05) is 6.61 Å². The first kappa shape index (κ1) is 22.3. The van der Waals surface area contributed by atoms with Crippen molar-refractivity contribution >= 4 is 11.6 Å². The van der Waals surface area contributed by atoms with Gasteiger partial charge in [-0.25, -0.2) is 4.79 Å². The van der Waals surface area contributed by atoms with Gasteiger partial charge in [0, 0.05) is 16.7 Å². The van der Waals surface area contributed by atoms with Gasteiger partial charge in [-0.05, 0) is 37.6 Å². The molecule has 0 saturated carbocycles. The second kappa shape index (κ2) is 9.31.